The number of amides is 1. The van der Waals surface area contributed by atoms with Gasteiger partial charge in [0.05, 0.1) is 33.3 Å². The number of aliphatic hydroxyl groups is 1. The maximum atomic E-state index is 11.7. The molecule has 19 heavy (non-hydrogen) atoms. The van der Waals surface area contributed by atoms with Gasteiger partial charge in [0.25, 0.3) is 0 Å². The minimum atomic E-state index is -0.654. The molecule has 1 saturated heterocycles. The molecule has 1 heterocycles. The number of carbonyl (C=O) groups excluding carboxylic acids is 2. The molecule has 0 spiro atoms. The molecule has 1 N–H and O–H groups in total. The number of aliphatic hydroxyl groups excluding tert-OH is 1. The molecule has 0 radical (unpaired) electrons. The second-order valence-corrected chi connectivity index (χ2v) is 4.24. The van der Waals surface area contributed by atoms with Gasteiger partial charge in [0.1, 0.15) is 11.3 Å². The van der Waals surface area contributed by atoms with E-state index < -0.39 is 12.1 Å². The highest BCUT2D eigenvalue weighted by molar-refractivity contribution is 5.98. The number of β-amino-alcohol motifs (C(OH)–C–C–N with tert-alkyl or cyclic N) is 1. The zero-order valence-electron chi connectivity index (χ0n) is 10.8. The third kappa shape index (κ3) is 2.53. The zero-order valence-corrected chi connectivity index (χ0v) is 10.8. The molecule has 1 atom stereocenters. The number of hydrogen-bond acceptors (Lipinski definition) is 5. The van der Waals surface area contributed by atoms with Gasteiger partial charge in [-0.3, -0.25) is 4.79 Å². The van der Waals surface area contributed by atoms with Crippen molar-refractivity contribution < 1.29 is 24.2 Å². The van der Waals surface area contributed by atoms with Gasteiger partial charge in [0.15, 0.2) is 0 Å². The first kappa shape index (κ1) is 13.4. The number of ether oxygens (including phenoxy) is 2. The first-order valence-corrected chi connectivity index (χ1v) is 5.81. The summed E-state index contributed by atoms with van der Waals surface area (Å²) in [7, 11) is 2.72. The van der Waals surface area contributed by atoms with Crippen molar-refractivity contribution in [1.82, 2.24) is 0 Å². The Balaban J connectivity index is 2.34. The Morgan fingerprint density at radius 1 is 1.42 bits per heavy atom. The van der Waals surface area contributed by atoms with Crippen molar-refractivity contribution in [2.75, 3.05) is 25.7 Å². The van der Waals surface area contributed by atoms with E-state index >= 15 is 0 Å². The summed E-state index contributed by atoms with van der Waals surface area (Å²) in [4.78, 5) is 24.7. The van der Waals surface area contributed by atoms with E-state index in [4.69, 9.17) is 4.74 Å². The van der Waals surface area contributed by atoms with Crippen LogP contribution in [-0.2, 0) is 9.53 Å². The summed E-state index contributed by atoms with van der Waals surface area (Å²) in [5.41, 5.74) is 0.881. The van der Waals surface area contributed by atoms with Gasteiger partial charge in [-0.25, -0.2) is 4.79 Å². The first-order chi connectivity index (χ1) is 9.06. The molecule has 6 nitrogen and oxygen atoms in total. The Morgan fingerprint density at radius 3 is 2.68 bits per heavy atom. The van der Waals surface area contributed by atoms with Crippen LogP contribution in [0, 0.1) is 0 Å². The van der Waals surface area contributed by atoms with E-state index in [-0.39, 0.29) is 18.9 Å². The summed E-state index contributed by atoms with van der Waals surface area (Å²) in [6.45, 7) is 0.250. The molecule has 1 aromatic rings. The normalized spacial score (nSPS) is 18.6. The molecule has 0 aromatic heterocycles. The van der Waals surface area contributed by atoms with Crippen LogP contribution in [0.4, 0.5) is 5.69 Å². The van der Waals surface area contributed by atoms with Gasteiger partial charge in [-0.2, -0.15) is 0 Å². The van der Waals surface area contributed by atoms with Gasteiger partial charge in [0, 0.05) is 11.8 Å². The fraction of sp³-hybridized carbons (Fsp3) is 0.385. The summed E-state index contributed by atoms with van der Waals surface area (Å²) in [5.74, 6) is -0.324. The third-order valence-corrected chi connectivity index (χ3v) is 3.01. The molecule has 6 heteroatoms. The van der Waals surface area contributed by atoms with Gasteiger partial charge in [-0.1, -0.05) is 0 Å². The van der Waals surface area contributed by atoms with Gasteiger partial charge >= 0.3 is 5.97 Å². The summed E-state index contributed by atoms with van der Waals surface area (Å²) in [5, 5.41) is 9.47. The van der Waals surface area contributed by atoms with Crippen LogP contribution in [0.1, 0.15) is 16.8 Å². The molecule has 2 rings (SSSR count). The average molecular weight is 265 g/mol. The Hall–Kier alpha value is -2.08. The molecule has 1 fully saturated rings. The van der Waals surface area contributed by atoms with E-state index in [1.807, 2.05) is 0 Å². The van der Waals surface area contributed by atoms with Crippen molar-refractivity contribution in [3.05, 3.63) is 23.8 Å². The lowest BCUT2D eigenvalue weighted by molar-refractivity contribution is -0.117. The van der Waals surface area contributed by atoms with Crippen LogP contribution < -0.4 is 9.64 Å². The standard InChI is InChI=1S/C13H15NO5/c1-18-11-5-8(3-4-10(11)13(17)19-2)14-7-9(15)6-12(14)16/h3-5,9,15H,6-7H2,1-2H3. The van der Waals surface area contributed by atoms with Crippen molar-refractivity contribution in [3.63, 3.8) is 0 Å². The van der Waals surface area contributed by atoms with E-state index in [1.54, 1.807) is 12.1 Å². The fourth-order valence-corrected chi connectivity index (χ4v) is 2.06. The maximum absolute atomic E-state index is 11.7. The quantitative estimate of drug-likeness (QED) is 0.809. The van der Waals surface area contributed by atoms with Gasteiger partial charge < -0.3 is 19.5 Å². The molecule has 1 amide bonds. The highest BCUT2D eigenvalue weighted by Crippen LogP contribution is 2.29. The van der Waals surface area contributed by atoms with E-state index in [0.717, 1.165) is 0 Å². The summed E-state index contributed by atoms with van der Waals surface area (Å²) in [6, 6.07) is 4.75. The fourth-order valence-electron chi connectivity index (χ4n) is 2.06. The Bertz CT molecular complexity index is 514. The number of esters is 1. The zero-order chi connectivity index (χ0) is 14.0. The second kappa shape index (κ2) is 5.27. The molecule has 1 aliphatic heterocycles. The number of anilines is 1. The van der Waals surface area contributed by atoms with E-state index in [0.29, 0.717) is 17.0 Å². The van der Waals surface area contributed by atoms with Crippen LogP contribution in [0.2, 0.25) is 0 Å². The second-order valence-electron chi connectivity index (χ2n) is 4.24. The van der Waals surface area contributed by atoms with Crippen molar-refractivity contribution >= 4 is 17.6 Å². The van der Waals surface area contributed by atoms with Crippen molar-refractivity contribution in [2.45, 2.75) is 12.5 Å². The molecule has 0 bridgehead atoms. The molecule has 1 aliphatic rings. The minimum Gasteiger partial charge on any atom is -0.496 e. The van der Waals surface area contributed by atoms with E-state index in [1.165, 1.54) is 25.2 Å². The molecule has 102 valence electrons. The lowest BCUT2D eigenvalue weighted by atomic mass is 10.1. The monoisotopic (exact) mass is 265 g/mol. The average Bonchev–Trinajstić information content (AvgIpc) is 2.76. The van der Waals surface area contributed by atoms with E-state index in [2.05, 4.69) is 4.74 Å². The Morgan fingerprint density at radius 2 is 2.16 bits per heavy atom. The predicted molar refractivity (Wildman–Crippen MR) is 67.3 cm³/mol. The van der Waals surface area contributed by atoms with Crippen LogP contribution in [0.5, 0.6) is 5.75 Å². The molecular weight excluding hydrogens is 250 g/mol. The SMILES string of the molecule is COC(=O)c1ccc(N2CC(O)CC2=O)cc1OC. The summed E-state index contributed by atoms with van der Waals surface area (Å²) in [6.07, 6.45) is -0.542. The highest BCUT2D eigenvalue weighted by atomic mass is 16.5. The largest absolute Gasteiger partial charge is 0.496 e. The third-order valence-electron chi connectivity index (χ3n) is 3.01. The van der Waals surface area contributed by atoms with Crippen LogP contribution in [-0.4, -0.2) is 43.9 Å². The van der Waals surface area contributed by atoms with Crippen LogP contribution >= 0.6 is 0 Å². The predicted octanol–water partition coefficient (Wildman–Crippen LogP) is 0.579. The number of rotatable bonds is 3. The van der Waals surface area contributed by atoms with Gasteiger partial charge in [0.2, 0.25) is 5.91 Å². The number of nitrogens with zero attached hydrogens (tertiary/aromatic N) is 1. The first-order valence-electron chi connectivity index (χ1n) is 5.81. The maximum Gasteiger partial charge on any atom is 0.341 e. The van der Waals surface area contributed by atoms with Crippen molar-refractivity contribution in [2.24, 2.45) is 0 Å². The molecule has 1 unspecified atom stereocenters. The van der Waals surface area contributed by atoms with Crippen LogP contribution in [0.3, 0.4) is 0 Å². The van der Waals surface area contributed by atoms with Gasteiger partial charge in [-0.15, -0.1) is 0 Å². The van der Waals surface area contributed by atoms with Gasteiger partial charge in [-0.05, 0) is 12.1 Å². The van der Waals surface area contributed by atoms with Crippen LogP contribution in [0.25, 0.3) is 0 Å². The lowest BCUT2D eigenvalue weighted by Crippen LogP contribution is -2.25. The summed E-state index contributed by atoms with van der Waals surface area (Å²) >= 11 is 0. The highest BCUT2D eigenvalue weighted by Gasteiger charge is 2.29. The molecule has 1 aromatic carbocycles. The van der Waals surface area contributed by atoms with E-state index in [9.17, 15) is 14.7 Å². The topological polar surface area (TPSA) is 76.1 Å². The number of benzene rings is 1. The lowest BCUT2D eigenvalue weighted by Gasteiger charge is -2.17. The number of carbonyl (C=O) groups is 2. The molecular formula is C13H15NO5. The van der Waals surface area contributed by atoms with Crippen molar-refractivity contribution in [3.8, 4) is 5.75 Å². The number of methoxy groups -OCH3 is 2. The molecule has 0 saturated carbocycles. The van der Waals surface area contributed by atoms with Crippen molar-refractivity contribution in [1.29, 1.82) is 0 Å². The molecule has 0 aliphatic carbocycles. The Kier molecular flexibility index (Phi) is 3.71. The Labute approximate surface area is 110 Å². The van der Waals surface area contributed by atoms with Crippen LogP contribution in [0.15, 0.2) is 18.2 Å². The summed E-state index contributed by atoms with van der Waals surface area (Å²) < 4.78 is 9.77. The number of hydrogen-bond donors (Lipinski definition) is 1. The minimum absolute atomic E-state index is 0.112. The smallest absolute Gasteiger partial charge is 0.341 e.